The molecule has 0 spiro atoms. The van der Waals surface area contributed by atoms with Gasteiger partial charge < -0.3 is 18.9 Å². The Balaban J connectivity index is 6.51. The van der Waals surface area contributed by atoms with Gasteiger partial charge in [0.25, 0.3) is 11.4 Å². The Morgan fingerprint density at radius 2 is 1.15 bits per heavy atom. The van der Waals surface area contributed by atoms with Crippen LogP contribution in [-0.2, 0) is 38.1 Å². The zero-order valence-corrected chi connectivity index (χ0v) is 22.2. The summed E-state index contributed by atoms with van der Waals surface area (Å²) in [5.74, 6) is -2.21. The molecule has 0 aromatic carbocycles. The van der Waals surface area contributed by atoms with E-state index in [-0.39, 0.29) is 19.4 Å². The van der Waals surface area contributed by atoms with E-state index in [0.29, 0.717) is 0 Å². The highest BCUT2D eigenvalue weighted by atomic mass is 16.6. The van der Waals surface area contributed by atoms with Gasteiger partial charge in [-0.05, 0) is 13.8 Å². The molecule has 0 saturated heterocycles. The minimum Gasteiger partial charge on any atom is -0.436 e. The standard InChI is InChI=1S/C22H39N4O8/c1-12-17(29)33-20(7,8)25-26(21(9,10)34-18(30)13-2)14-22(11,32-16(4)28)24-23-19(5,6)31-15(3)27/h12-14H2,1-11H3/q+1. The van der Waals surface area contributed by atoms with Crippen molar-refractivity contribution in [3.05, 3.63) is 0 Å². The van der Waals surface area contributed by atoms with E-state index >= 15 is 0 Å². The van der Waals surface area contributed by atoms with Crippen LogP contribution in [0, 0.1) is 0 Å². The second-order valence-electron chi connectivity index (χ2n) is 9.22. The summed E-state index contributed by atoms with van der Waals surface area (Å²) in [7, 11) is 0. The first kappa shape index (κ1) is 31.1. The van der Waals surface area contributed by atoms with E-state index in [4.69, 9.17) is 18.9 Å². The Kier molecular flexibility index (Phi) is 11.0. The zero-order valence-electron chi connectivity index (χ0n) is 22.2. The van der Waals surface area contributed by atoms with Gasteiger partial charge in [-0.25, -0.2) is 0 Å². The molecule has 0 aliphatic heterocycles. The van der Waals surface area contributed by atoms with E-state index in [9.17, 15) is 19.2 Å². The molecule has 0 aliphatic rings. The van der Waals surface area contributed by atoms with Crippen molar-refractivity contribution in [3.63, 3.8) is 0 Å². The van der Waals surface area contributed by atoms with Crippen LogP contribution in [0.2, 0.25) is 0 Å². The largest absolute Gasteiger partial charge is 0.436 e. The highest BCUT2D eigenvalue weighted by Crippen LogP contribution is 2.25. The van der Waals surface area contributed by atoms with Gasteiger partial charge in [0.05, 0.1) is 0 Å². The van der Waals surface area contributed by atoms with Gasteiger partial charge in [-0.15, -0.1) is 10.2 Å². The summed E-state index contributed by atoms with van der Waals surface area (Å²) in [4.78, 5) is 47.2. The third kappa shape index (κ3) is 11.8. The van der Waals surface area contributed by atoms with Gasteiger partial charge in [-0.3, -0.25) is 19.2 Å². The molecule has 0 N–H and O–H groups in total. The molecule has 0 aromatic heterocycles. The average molecular weight is 488 g/mol. The number of ether oxygens (including phenoxy) is 4. The van der Waals surface area contributed by atoms with E-state index in [1.807, 2.05) is 0 Å². The molecule has 34 heavy (non-hydrogen) atoms. The van der Waals surface area contributed by atoms with Gasteiger partial charge in [-0.1, -0.05) is 18.5 Å². The SMILES string of the molecule is CCC(=O)OC(C)(C)N=[N+](CC(C)(N=NC(C)(C)OC(C)=O)OC(C)=O)C(C)(C)OC(=O)CC. The number of hydrogen-bond acceptors (Lipinski definition) is 11. The maximum absolute atomic E-state index is 12.1. The maximum Gasteiger partial charge on any atom is 0.327 e. The summed E-state index contributed by atoms with van der Waals surface area (Å²) >= 11 is 0. The Labute approximate surface area is 201 Å². The molecule has 0 amide bonds. The van der Waals surface area contributed by atoms with Crippen LogP contribution >= 0.6 is 0 Å². The number of rotatable bonds is 12. The predicted octanol–water partition coefficient (Wildman–Crippen LogP) is 3.86. The van der Waals surface area contributed by atoms with Crippen LogP contribution in [0.15, 0.2) is 15.3 Å². The van der Waals surface area contributed by atoms with Crippen LogP contribution in [-0.4, -0.2) is 58.0 Å². The number of carbonyl (C=O) groups excluding carboxylic acids is 4. The van der Waals surface area contributed by atoms with Crippen molar-refractivity contribution in [3.8, 4) is 0 Å². The summed E-state index contributed by atoms with van der Waals surface area (Å²) in [6, 6.07) is 0. The quantitative estimate of drug-likeness (QED) is 0.133. The van der Waals surface area contributed by atoms with Crippen molar-refractivity contribution in [1.82, 2.24) is 0 Å². The van der Waals surface area contributed by atoms with E-state index in [0.717, 1.165) is 0 Å². The molecule has 12 heteroatoms. The number of azo groups is 3. The molecule has 194 valence electrons. The fourth-order valence-electron chi connectivity index (χ4n) is 2.68. The van der Waals surface area contributed by atoms with Gasteiger partial charge in [0.2, 0.25) is 12.3 Å². The van der Waals surface area contributed by atoms with Crippen LogP contribution in [0.1, 0.15) is 89.0 Å². The van der Waals surface area contributed by atoms with E-state index < -0.39 is 46.8 Å². The molecule has 0 rings (SSSR count). The first-order valence-electron chi connectivity index (χ1n) is 11.0. The Morgan fingerprint density at radius 1 is 0.676 bits per heavy atom. The highest BCUT2D eigenvalue weighted by Gasteiger charge is 2.46. The van der Waals surface area contributed by atoms with Crippen molar-refractivity contribution in [2.24, 2.45) is 15.3 Å². The minimum atomic E-state index is -1.65. The molecule has 0 fully saturated rings. The zero-order chi connectivity index (χ0) is 27.0. The van der Waals surface area contributed by atoms with Crippen LogP contribution < -0.4 is 0 Å². The van der Waals surface area contributed by atoms with Crippen LogP contribution in [0.5, 0.6) is 0 Å². The molecule has 0 radical (unpaired) electrons. The van der Waals surface area contributed by atoms with Gasteiger partial charge in [-0.2, -0.15) is 0 Å². The van der Waals surface area contributed by atoms with E-state index in [1.165, 1.54) is 39.3 Å². The average Bonchev–Trinajstić information content (AvgIpc) is 2.63. The normalized spacial score (nSPS) is 14.9. The third-order valence-electron chi connectivity index (χ3n) is 3.99. The lowest BCUT2D eigenvalue weighted by molar-refractivity contribution is -0.713. The third-order valence-corrected chi connectivity index (χ3v) is 3.99. The molecule has 0 bridgehead atoms. The molecular formula is C22H39N4O8+. The summed E-state index contributed by atoms with van der Waals surface area (Å²) in [6.07, 6.45) is 0.251. The lowest BCUT2D eigenvalue weighted by atomic mass is 10.2. The fraction of sp³-hybridized carbons (Fsp3) is 0.818. The molecule has 1 unspecified atom stereocenters. The van der Waals surface area contributed by atoms with E-state index in [1.54, 1.807) is 41.5 Å². The van der Waals surface area contributed by atoms with E-state index in [2.05, 4.69) is 15.3 Å². The molecule has 0 saturated carbocycles. The first-order chi connectivity index (χ1) is 15.3. The van der Waals surface area contributed by atoms with Gasteiger partial charge >= 0.3 is 29.6 Å². The van der Waals surface area contributed by atoms with Crippen molar-refractivity contribution in [2.75, 3.05) is 6.54 Å². The lowest BCUT2D eigenvalue weighted by Gasteiger charge is -2.29. The minimum absolute atomic E-state index is 0.114. The smallest absolute Gasteiger partial charge is 0.327 e. The summed E-state index contributed by atoms with van der Waals surface area (Å²) in [6.45, 7) is 16.2. The van der Waals surface area contributed by atoms with Crippen LogP contribution in [0.4, 0.5) is 0 Å². The Hall–Kier alpha value is -2.92. The Bertz CT molecular complexity index is 833. The topological polar surface area (TPSA) is 145 Å². The van der Waals surface area contributed by atoms with Crippen LogP contribution in [0.3, 0.4) is 0 Å². The van der Waals surface area contributed by atoms with Gasteiger partial charge in [0, 0.05) is 66.4 Å². The summed E-state index contributed by atoms with van der Waals surface area (Å²) in [5.41, 5.74) is -5.69. The molecule has 0 heterocycles. The lowest BCUT2D eigenvalue weighted by Crippen LogP contribution is -2.49. The second-order valence-corrected chi connectivity index (χ2v) is 9.22. The number of carbonyl (C=O) groups is 4. The first-order valence-corrected chi connectivity index (χ1v) is 11.0. The van der Waals surface area contributed by atoms with Gasteiger partial charge in [0.15, 0.2) is 0 Å². The number of nitrogens with zero attached hydrogens (tertiary/aromatic N) is 4. The fourth-order valence-corrected chi connectivity index (χ4v) is 2.68. The van der Waals surface area contributed by atoms with Crippen molar-refractivity contribution in [2.45, 2.75) is 112 Å². The number of hydrogen-bond donors (Lipinski definition) is 0. The van der Waals surface area contributed by atoms with Gasteiger partial charge in [0.1, 0.15) is 0 Å². The van der Waals surface area contributed by atoms with Crippen LogP contribution in [0.25, 0.3) is 0 Å². The molecule has 12 nitrogen and oxygen atoms in total. The maximum atomic E-state index is 12.1. The molecular weight excluding hydrogens is 448 g/mol. The molecule has 0 aromatic rings. The van der Waals surface area contributed by atoms with Crippen molar-refractivity contribution < 1.29 is 42.8 Å². The Morgan fingerprint density at radius 3 is 1.59 bits per heavy atom. The van der Waals surface area contributed by atoms with Crippen molar-refractivity contribution >= 4 is 23.9 Å². The number of esters is 4. The predicted molar refractivity (Wildman–Crippen MR) is 119 cm³/mol. The van der Waals surface area contributed by atoms with Crippen molar-refractivity contribution in [1.29, 1.82) is 0 Å². The monoisotopic (exact) mass is 487 g/mol. The second kappa shape index (κ2) is 12.0. The molecule has 1 atom stereocenters. The molecule has 0 aliphatic carbocycles. The summed E-state index contributed by atoms with van der Waals surface area (Å²) < 4.78 is 22.8. The summed E-state index contributed by atoms with van der Waals surface area (Å²) in [5, 5.41) is 12.6. The highest BCUT2D eigenvalue weighted by molar-refractivity contribution is 5.69.